The van der Waals surface area contributed by atoms with Gasteiger partial charge in [0.2, 0.25) is 18.6 Å². The van der Waals surface area contributed by atoms with Gasteiger partial charge in [0.25, 0.3) is 5.91 Å². The molecule has 1 aromatic rings. The maximum absolute atomic E-state index is 13.4. The predicted molar refractivity (Wildman–Crippen MR) is 135 cm³/mol. The minimum atomic E-state index is -0.989. The van der Waals surface area contributed by atoms with Gasteiger partial charge in [-0.3, -0.25) is 33.8 Å². The highest BCUT2D eigenvalue weighted by Crippen LogP contribution is 2.42. The smallest absolute Gasteiger partial charge is 0.308 e. The first-order valence-corrected chi connectivity index (χ1v) is 13.5. The molecule has 11 nitrogen and oxygen atoms in total. The second kappa shape index (κ2) is 12.6. The molecule has 208 valence electrons. The van der Waals surface area contributed by atoms with Crippen molar-refractivity contribution in [1.29, 1.82) is 0 Å². The van der Waals surface area contributed by atoms with Gasteiger partial charge in [-0.2, -0.15) is 0 Å². The zero-order valence-electron chi connectivity index (χ0n) is 22.1. The summed E-state index contributed by atoms with van der Waals surface area (Å²) in [6.45, 7) is 5.40. The molecule has 0 spiro atoms. The quantitative estimate of drug-likeness (QED) is 0.302. The number of nitrogens with zero attached hydrogens (tertiary/aromatic N) is 3. The zero-order chi connectivity index (χ0) is 27.2. The molecule has 3 heterocycles. The number of hydrogen-bond acceptors (Lipinski definition) is 8. The number of carbonyl (C=O) groups is 4. The van der Waals surface area contributed by atoms with Crippen molar-refractivity contribution in [3.63, 3.8) is 0 Å². The number of carbonyl (C=O) groups excluding carboxylic acids is 3. The molecule has 3 aliphatic heterocycles. The van der Waals surface area contributed by atoms with Crippen molar-refractivity contribution in [1.82, 2.24) is 14.9 Å². The van der Waals surface area contributed by atoms with Gasteiger partial charge in [0, 0.05) is 44.4 Å². The first-order valence-electron chi connectivity index (χ1n) is 13.5. The molecular formula is C27H37N3O8. The monoisotopic (exact) mass is 531 g/mol. The first kappa shape index (κ1) is 27.8. The number of amides is 3. The normalized spacial score (nSPS) is 22.9. The Hall–Kier alpha value is -3.18. The Morgan fingerprint density at radius 1 is 1.11 bits per heavy atom. The number of ether oxygens (including phenoxy) is 2. The van der Waals surface area contributed by atoms with Gasteiger partial charge in [0.15, 0.2) is 11.5 Å². The van der Waals surface area contributed by atoms with Crippen LogP contribution in [0.2, 0.25) is 0 Å². The summed E-state index contributed by atoms with van der Waals surface area (Å²) in [5.41, 5.74) is 0.778. The Morgan fingerprint density at radius 3 is 2.53 bits per heavy atom. The molecule has 0 aromatic heterocycles. The van der Waals surface area contributed by atoms with Crippen LogP contribution < -0.4 is 9.47 Å². The molecule has 0 aliphatic carbocycles. The summed E-state index contributed by atoms with van der Waals surface area (Å²) >= 11 is 0. The topological polar surface area (TPSA) is 126 Å². The van der Waals surface area contributed by atoms with Crippen molar-refractivity contribution < 1.29 is 38.6 Å². The van der Waals surface area contributed by atoms with Crippen LogP contribution in [0.15, 0.2) is 18.2 Å². The SMILES string of the molecule is CCCCN(OCCC)C(=O)CN1C[C@H](c2ccc3c(c2)OCO3)[C@H](C(=O)O)[C@H]1CCN1C(=O)CCC1=O. The first-order chi connectivity index (χ1) is 18.3. The van der Waals surface area contributed by atoms with Crippen LogP contribution in [0.4, 0.5) is 0 Å². The van der Waals surface area contributed by atoms with Crippen LogP contribution in [0.25, 0.3) is 0 Å². The van der Waals surface area contributed by atoms with Crippen LogP contribution in [0.5, 0.6) is 11.5 Å². The standard InChI is InChI=1S/C27H37N3O8/c1-3-5-11-30(38-13-4-2)25(33)16-28-15-19(18-6-7-21-22(14-18)37-17-36-21)26(27(34)35)20(28)10-12-29-23(31)8-9-24(29)32/h6-7,14,19-20,26H,3-5,8-13,15-17H2,1-2H3,(H,34,35)/t19-,20-,26+/m1/s1. The largest absolute Gasteiger partial charge is 0.481 e. The van der Waals surface area contributed by atoms with Gasteiger partial charge < -0.3 is 14.6 Å². The highest BCUT2D eigenvalue weighted by molar-refractivity contribution is 6.01. The molecule has 0 saturated carbocycles. The van der Waals surface area contributed by atoms with Crippen molar-refractivity contribution in [2.24, 2.45) is 5.92 Å². The van der Waals surface area contributed by atoms with Gasteiger partial charge in [-0.15, -0.1) is 0 Å². The predicted octanol–water partition coefficient (Wildman–Crippen LogP) is 2.39. The summed E-state index contributed by atoms with van der Waals surface area (Å²) in [5, 5.41) is 11.7. The van der Waals surface area contributed by atoms with Crippen LogP contribution in [0.1, 0.15) is 63.9 Å². The second-order valence-corrected chi connectivity index (χ2v) is 9.99. The fourth-order valence-corrected chi connectivity index (χ4v) is 5.48. The Balaban J connectivity index is 1.59. The van der Waals surface area contributed by atoms with E-state index in [1.165, 1.54) is 9.96 Å². The van der Waals surface area contributed by atoms with Crippen LogP contribution >= 0.6 is 0 Å². The van der Waals surface area contributed by atoms with Crippen molar-refractivity contribution in [3.8, 4) is 11.5 Å². The summed E-state index contributed by atoms with van der Waals surface area (Å²) in [6, 6.07) is 4.84. The number of aliphatic carboxylic acids is 1. The Bertz CT molecular complexity index is 1020. The minimum absolute atomic E-state index is 0.0230. The lowest BCUT2D eigenvalue weighted by Crippen LogP contribution is -2.46. The Kier molecular flexibility index (Phi) is 9.22. The van der Waals surface area contributed by atoms with Crippen LogP contribution in [0, 0.1) is 5.92 Å². The fraction of sp³-hybridized carbons (Fsp3) is 0.630. The third-order valence-electron chi connectivity index (χ3n) is 7.44. The molecule has 4 rings (SSSR count). The molecule has 3 aliphatic rings. The van der Waals surface area contributed by atoms with Crippen LogP contribution in [-0.4, -0.2) is 89.3 Å². The van der Waals surface area contributed by atoms with Gasteiger partial charge in [0.1, 0.15) is 0 Å². The molecular weight excluding hydrogens is 494 g/mol. The Morgan fingerprint density at radius 2 is 1.84 bits per heavy atom. The van der Waals surface area contributed by atoms with Crippen molar-refractivity contribution in [2.45, 2.75) is 64.3 Å². The van der Waals surface area contributed by atoms with Crippen molar-refractivity contribution >= 4 is 23.7 Å². The molecule has 3 atom stereocenters. The average Bonchev–Trinajstić information content (AvgIpc) is 3.59. The average molecular weight is 532 g/mol. The summed E-state index contributed by atoms with van der Waals surface area (Å²) < 4.78 is 10.9. The van der Waals surface area contributed by atoms with Gasteiger partial charge >= 0.3 is 5.97 Å². The molecule has 1 aromatic carbocycles. The maximum atomic E-state index is 13.4. The number of carboxylic acids is 1. The molecule has 1 N–H and O–H groups in total. The third-order valence-corrected chi connectivity index (χ3v) is 7.44. The number of hydroxylamine groups is 2. The summed E-state index contributed by atoms with van der Waals surface area (Å²) in [6.07, 6.45) is 3.05. The minimum Gasteiger partial charge on any atom is -0.481 e. The number of carboxylic acid groups (broad SMARTS) is 1. The molecule has 2 saturated heterocycles. The van der Waals surface area contributed by atoms with E-state index in [9.17, 15) is 24.3 Å². The van der Waals surface area contributed by atoms with E-state index in [1.807, 2.05) is 24.8 Å². The van der Waals surface area contributed by atoms with E-state index in [2.05, 4.69) is 0 Å². The molecule has 2 fully saturated rings. The van der Waals surface area contributed by atoms with Gasteiger partial charge in [-0.1, -0.05) is 26.3 Å². The molecule has 0 unspecified atom stereocenters. The number of imide groups is 1. The van der Waals surface area contributed by atoms with E-state index in [1.54, 1.807) is 12.1 Å². The fourth-order valence-electron chi connectivity index (χ4n) is 5.48. The van der Waals surface area contributed by atoms with E-state index >= 15 is 0 Å². The summed E-state index contributed by atoms with van der Waals surface area (Å²) in [5.74, 6) is -1.82. The highest BCUT2D eigenvalue weighted by atomic mass is 16.7. The van der Waals surface area contributed by atoms with Gasteiger partial charge in [0.05, 0.1) is 19.1 Å². The number of likely N-dealkylation sites (tertiary alicyclic amines) is 2. The number of benzene rings is 1. The Labute approximate surface area is 222 Å². The van der Waals surface area contributed by atoms with E-state index in [0.717, 1.165) is 24.8 Å². The lowest BCUT2D eigenvalue weighted by Gasteiger charge is -2.30. The molecule has 11 heteroatoms. The van der Waals surface area contributed by atoms with E-state index in [0.29, 0.717) is 31.2 Å². The van der Waals surface area contributed by atoms with Crippen LogP contribution in [0.3, 0.4) is 0 Å². The second-order valence-electron chi connectivity index (χ2n) is 9.99. The van der Waals surface area contributed by atoms with Crippen LogP contribution in [-0.2, 0) is 24.0 Å². The van der Waals surface area contributed by atoms with Crippen molar-refractivity contribution in [3.05, 3.63) is 23.8 Å². The molecule has 0 radical (unpaired) electrons. The molecule has 3 amide bonds. The highest BCUT2D eigenvalue weighted by Gasteiger charge is 2.48. The third kappa shape index (κ3) is 6.10. The number of fused-ring (bicyclic) bond motifs is 1. The van der Waals surface area contributed by atoms with Gasteiger partial charge in [-0.05, 0) is 37.0 Å². The molecule has 38 heavy (non-hydrogen) atoms. The molecule has 0 bridgehead atoms. The lowest BCUT2D eigenvalue weighted by molar-refractivity contribution is -0.188. The van der Waals surface area contributed by atoms with Crippen molar-refractivity contribution in [2.75, 3.05) is 39.6 Å². The zero-order valence-corrected chi connectivity index (χ0v) is 22.1. The number of unbranched alkanes of at least 4 members (excludes halogenated alkanes) is 1. The summed E-state index contributed by atoms with van der Waals surface area (Å²) in [4.78, 5) is 59.2. The van der Waals surface area contributed by atoms with Gasteiger partial charge in [-0.25, -0.2) is 5.06 Å². The lowest BCUT2D eigenvalue weighted by atomic mass is 9.84. The van der Waals surface area contributed by atoms with E-state index < -0.39 is 23.8 Å². The number of hydrogen-bond donors (Lipinski definition) is 1. The maximum Gasteiger partial charge on any atom is 0.308 e. The van der Waals surface area contributed by atoms with E-state index in [-0.39, 0.29) is 56.9 Å². The summed E-state index contributed by atoms with van der Waals surface area (Å²) in [7, 11) is 0. The number of rotatable bonds is 13. The van der Waals surface area contributed by atoms with E-state index in [4.69, 9.17) is 14.3 Å².